The van der Waals surface area contributed by atoms with Crippen molar-refractivity contribution in [3.05, 3.63) is 76.9 Å². The van der Waals surface area contributed by atoms with Crippen LogP contribution in [0.1, 0.15) is 18.4 Å². The molecule has 1 heterocycles. The zero-order valence-electron chi connectivity index (χ0n) is 17.2. The predicted octanol–water partition coefficient (Wildman–Crippen LogP) is 4.03. The van der Waals surface area contributed by atoms with Gasteiger partial charge in [0.15, 0.2) is 0 Å². The van der Waals surface area contributed by atoms with Crippen molar-refractivity contribution in [1.29, 1.82) is 0 Å². The molecule has 7 heteroatoms. The summed E-state index contributed by atoms with van der Waals surface area (Å²) in [5.74, 6) is 0.823. The zero-order valence-corrected chi connectivity index (χ0v) is 17.2. The topological polar surface area (TPSA) is 75.9 Å². The molecule has 0 aromatic heterocycles. The largest absolute Gasteiger partial charge is 0.490 e. The van der Waals surface area contributed by atoms with Gasteiger partial charge in [-0.25, -0.2) is 0 Å². The average Bonchev–Trinajstić information content (AvgIpc) is 2.78. The summed E-state index contributed by atoms with van der Waals surface area (Å²) in [7, 11) is 1.82. The second-order valence-corrected chi connectivity index (χ2v) is 7.45. The van der Waals surface area contributed by atoms with E-state index in [0.29, 0.717) is 44.8 Å². The van der Waals surface area contributed by atoms with E-state index in [1.807, 2.05) is 36.2 Å². The van der Waals surface area contributed by atoms with E-state index < -0.39 is 0 Å². The van der Waals surface area contributed by atoms with Crippen LogP contribution in [-0.2, 0) is 11.3 Å². The Morgan fingerprint density at radius 2 is 1.90 bits per heavy atom. The zero-order chi connectivity index (χ0) is 21.5. The van der Waals surface area contributed by atoms with E-state index >= 15 is 0 Å². The fraction of sp³-hybridized carbons (Fsp3) is 0.348. The standard InChI is InChI=1S/C23H27N3O4/c1-3-16-30-20-10-8-18(9-11-20)17-24(2)23(27)19-12-14-25(15-13-19)21-6-4-5-7-22(21)26(28)29/h3-11,19H,1,12-17H2,2H3. The Morgan fingerprint density at radius 1 is 1.23 bits per heavy atom. The third-order valence-electron chi connectivity index (χ3n) is 5.35. The van der Waals surface area contributed by atoms with Gasteiger partial charge in [0.2, 0.25) is 5.91 Å². The van der Waals surface area contributed by atoms with E-state index in [1.165, 1.54) is 6.07 Å². The number of carbonyl (C=O) groups is 1. The molecule has 1 saturated heterocycles. The molecule has 7 nitrogen and oxygen atoms in total. The van der Waals surface area contributed by atoms with E-state index in [0.717, 1.165) is 11.3 Å². The summed E-state index contributed by atoms with van der Waals surface area (Å²) in [6.45, 7) is 5.88. The Bertz CT molecular complexity index is 890. The minimum absolute atomic E-state index is 0.0655. The van der Waals surface area contributed by atoms with Crippen LogP contribution in [0.4, 0.5) is 11.4 Å². The first kappa shape index (κ1) is 21.4. The molecule has 30 heavy (non-hydrogen) atoms. The molecule has 0 unspecified atom stereocenters. The van der Waals surface area contributed by atoms with E-state index in [9.17, 15) is 14.9 Å². The Labute approximate surface area is 176 Å². The van der Waals surface area contributed by atoms with Gasteiger partial charge in [0.1, 0.15) is 18.0 Å². The molecule has 1 aliphatic heterocycles. The summed E-state index contributed by atoms with van der Waals surface area (Å²) in [6.07, 6.45) is 3.06. The number of carbonyl (C=O) groups excluding carboxylic acids is 1. The summed E-state index contributed by atoms with van der Waals surface area (Å²) < 4.78 is 5.48. The van der Waals surface area contributed by atoms with Gasteiger partial charge in [0.05, 0.1) is 4.92 Å². The van der Waals surface area contributed by atoms with E-state index in [1.54, 1.807) is 29.2 Å². The number of amides is 1. The fourth-order valence-electron chi connectivity index (χ4n) is 3.76. The van der Waals surface area contributed by atoms with Crippen LogP contribution in [0, 0.1) is 16.0 Å². The maximum Gasteiger partial charge on any atom is 0.292 e. The van der Waals surface area contributed by atoms with Gasteiger partial charge in [0, 0.05) is 38.7 Å². The molecule has 2 aromatic rings. The van der Waals surface area contributed by atoms with E-state index in [-0.39, 0.29) is 22.4 Å². The van der Waals surface area contributed by atoms with Crippen molar-refractivity contribution < 1.29 is 14.5 Å². The van der Waals surface area contributed by atoms with Crippen molar-refractivity contribution in [3.63, 3.8) is 0 Å². The molecule has 2 aromatic carbocycles. The normalized spacial score (nSPS) is 14.2. The first-order chi connectivity index (χ1) is 14.5. The highest BCUT2D eigenvalue weighted by atomic mass is 16.6. The minimum atomic E-state index is -0.353. The molecular weight excluding hydrogens is 382 g/mol. The van der Waals surface area contributed by atoms with Gasteiger partial charge in [-0.2, -0.15) is 0 Å². The van der Waals surface area contributed by atoms with Crippen molar-refractivity contribution in [3.8, 4) is 5.75 Å². The molecule has 0 bridgehead atoms. The quantitative estimate of drug-likeness (QED) is 0.374. The number of para-hydroxylation sites is 2. The number of nitrogens with zero attached hydrogens (tertiary/aromatic N) is 3. The number of piperidine rings is 1. The lowest BCUT2D eigenvalue weighted by Crippen LogP contribution is -2.41. The number of anilines is 1. The fourth-order valence-corrected chi connectivity index (χ4v) is 3.76. The van der Waals surface area contributed by atoms with E-state index in [4.69, 9.17) is 4.74 Å². The van der Waals surface area contributed by atoms with Crippen molar-refractivity contribution in [2.24, 2.45) is 5.92 Å². The Hall–Kier alpha value is -3.35. The van der Waals surface area contributed by atoms with Crippen molar-refractivity contribution in [2.45, 2.75) is 19.4 Å². The molecule has 0 radical (unpaired) electrons. The number of nitro groups is 1. The molecule has 1 fully saturated rings. The van der Waals surface area contributed by atoms with Crippen LogP contribution < -0.4 is 9.64 Å². The lowest BCUT2D eigenvalue weighted by molar-refractivity contribution is -0.384. The molecule has 0 atom stereocenters. The van der Waals surface area contributed by atoms with Gasteiger partial charge in [-0.15, -0.1) is 0 Å². The van der Waals surface area contributed by atoms with Crippen LogP contribution in [0.5, 0.6) is 5.75 Å². The smallest absolute Gasteiger partial charge is 0.292 e. The Morgan fingerprint density at radius 3 is 2.53 bits per heavy atom. The molecule has 0 spiro atoms. The monoisotopic (exact) mass is 409 g/mol. The lowest BCUT2D eigenvalue weighted by Gasteiger charge is -2.34. The number of hydrogen-bond donors (Lipinski definition) is 0. The first-order valence-electron chi connectivity index (χ1n) is 10.1. The van der Waals surface area contributed by atoms with Crippen LogP contribution in [0.3, 0.4) is 0 Å². The molecule has 1 amide bonds. The molecule has 0 saturated carbocycles. The highest BCUT2D eigenvalue weighted by Gasteiger charge is 2.29. The molecule has 0 N–H and O–H groups in total. The van der Waals surface area contributed by atoms with Gasteiger partial charge < -0.3 is 14.5 Å². The van der Waals surface area contributed by atoms with Crippen LogP contribution in [0.2, 0.25) is 0 Å². The average molecular weight is 409 g/mol. The van der Waals surface area contributed by atoms with Gasteiger partial charge >= 0.3 is 0 Å². The molecular formula is C23H27N3O4. The second kappa shape index (κ2) is 9.91. The van der Waals surface area contributed by atoms with Gasteiger partial charge in [-0.05, 0) is 36.6 Å². The maximum absolute atomic E-state index is 12.9. The third-order valence-corrected chi connectivity index (χ3v) is 5.35. The molecule has 158 valence electrons. The lowest BCUT2D eigenvalue weighted by atomic mass is 9.94. The number of ether oxygens (including phenoxy) is 1. The molecule has 0 aliphatic carbocycles. The third kappa shape index (κ3) is 5.17. The van der Waals surface area contributed by atoms with Crippen molar-refractivity contribution >= 4 is 17.3 Å². The van der Waals surface area contributed by atoms with Crippen LogP contribution in [0.25, 0.3) is 0 Å². The predicted molar refractivity (Wildman–Crippen MR) is 117 cm³/mol. The maximum atomic E-state index is 12.9. The van der Waals surface area contributed by atoms with Crippen molar-refractivity contribution in [1.82, 2.24) is 4.90 Å². The SMILES string of the molecule is C=CCOc1ccc(CN(C)C(=O)C2CCN(c3ccccc3[N+](=O)[O-])CC2)cc1. The van der Waals surface area contributed by atoms with Crippen LogP contribution >= 0.6 is 0 Å². The van der Waals surface area contributed by atoms with Crippen LogP contribution in [0.15, 0.2) is 61.2 Å². The summed E-state index contributed by atoms with van der Waals surface area (Å²) in [6, 6.07) is 14.5. The number of rotatable bonds is 8. The summed E-state index contributed by atoms with van der Waals surface area (Å²) in [4.78, 5) is 27.6. The van der Waals surface area contributed by atoms with Gasteiger partial charge in [-0.1, -0.05) is 36.9 Å². The van der Waals surface area contributed by atoms with Gasteiger partial charge in [-0.3, -0.25) is 14.9 Å². The van der Waals surface area contributed by atoms with Crippen LogP contribution in [-0.4, -0.2) is 42.5 Å². The highest BCUT2D eigenvalue weighted by molar-refractivity contribution is 5.79. The Kier molecular flexibility index (Phi) is 7.06. The van der Waals surface area contributed by atoms with Crippen molar-refractivity contribution in [2.75, 3.05) is 31.6 Å². The van der Waals surface area contributed by atoms with E-state index in [2.05, 4.69) is 6.58 Å². The minimum Gasteiger partial charge on any atom is -0.490 e. The summed E-state index contributed by atoms with van der Waals surface area (Å²) in [5.41, 5.74) is 1.77. The Balaban J connectivity index is 1.54. The molecule has 1 aliphatic rings. The summed E-state index contributed by atoms with van der Waals surface area (Å²) >= 11 is 0. The molecule has 3 rings (SSSR count). The number of benzene rings is 2. The number of hydrogen-bond acceptors (Lipinski definition) is 5. The first-order valence-corrected chi connectivity index (χ1v) is 10.1. The number of nitro benzene ring substituents is 1. The summed E-state index contributed by atoms with van der Waals surface area (Å²) in [5, 5.41) is 11.3. The highest BCUT2D eigenvalue weighted by Crippen LogP contribution is 2.31. The van der Waals surface area contributed by atoms with Gasteiger partial charge in [0.25, 0.3) is 5.69 Å². The second-order valence-electron chi connectivity index (χ2n) is 7.45.